The van der Waals surface area contributed by atoms with E-state index in [1.165, 1.54) is 13.8 Å². The van der Waals surface area contributed by atoms with Gasteiger partial charge in [-0.25, -0.2) is 4.79 Å². The molecule has 0 aliphatic carbocycles. The Bertz CT molecular complexity index is 575. The summed E-state index contributed by atoms with van der Waals surface area (Å²) in [4.78, 5) is 59.6. The minimum absolute atomic E-state index is 0.107. The van der Waals surface area contributed by atoms with Crippen LogP contribution in [-0.2, 0) is 24.0 Å². The molecular weight excluding hydrogens is 334 g/mol. The average molecular weight is 357 g/mol. The van der Waals surface area contributed by atoms with E-state index in [9.17, 15) is 24.0 Å². The zero-order valence-electron chi connectivity index (χ0n) is 14.1. The first-order valence-corrected chi connectivity index (χ1v) is 7.91. The molecule has 0 aromatic carbocycles. The van der Waals surface area contributed by atoms with Gasteiger partial charge in [-0.15, -0.1) is 0 Å². The van der Waals surface area contributed by atoms with Gasteiger partial charge in [-0.3, -0.25) is 19.2 Å². The number of ketones is 1. The molecular formula is C15H23N3O7. The quantitative estimate of drug-likeness (QED) is 0.364. The number of hydrogen-bond donors (Lipinski definition) is 4. The third-order valence-electron chi connectivity index (χ3n) is 4.13. The number of Topliss-reactive ketones (excluding diaryl/α,β-unsaturated/α-hetero) is 1. The van der Waals surface area contributed by atoms with E-state index in [2.05, 4.69) is 5.32 Å². The fraction of sp³-hybridized carbons (Fsp3) is 0.667. The Kier molecular flexibility index (Phi) is 7.04. The van der Waals surface area contributed by atoms with Crippen LogP contribution in [0.15, 0.2) is 0 Å². The van der Waals surface area contributed by atoms with E-state index in [4.69, 9.17) is 15.9 Å². The van der Waals surface area contributed by atoms with Crippen molar-refractivity contribution in [3.05, 3.63) is 0 Å². The predicted molar refractivity (Wildman–Crippen MR) is 84.4 cm³/mol. The number of carbonyl (C=O) groups excluding carboxylic acids is 3. The number of aliphatic carboxylic acids is 2. The fourth-order valence-electron chi connectivity index (χ4n) is 2.58. The van der Waals surface area contributed by atoms with E-state index < -0.39 is 53.6 Å². The fourth-order valence-corrected chi connectivity index (χ4v) is 2.58. The molecule has 2 amide bonds. The molecule has 0 aromatic heterocycles. The smallest absolute Gasteiger partial charge is 0.326 e. The van der Waals surface area contributed by atoms with Gasteiger partial charge >= 0.3 is 11.9 Å². The molecule has 1 aliphatic heterocycles. The van der Waals surface area contributed by atoms with Crippen molar-refractivity contribution >= 4 is 29.5 Å². The van der Waals surface area contributed by atoms with E-state index in [1.54, 1.807) is 0 Å². The number of carboxylic acid groups (broad SMARTS) is 2. The molecule has 0 unspecified atom stereocenters. The highest BCUT2D eigenvalue weighted by Crippen LogP contribution is 2.23. The minimum atomic E-state index is -1.19. The summed E-state index contributed by atoms with van der Waals surface area (Å²) < 4.78 is 0. The van der Waals surface area contributed by atoms with Crippen LogP contribution in [0.2, 0.25) is 0 Å². The molecule has 1 aliphatic rings. The molecule has 0 bridgehead atoms. The summed E-state index contributed by atoms with van der Waals surface area (Å²) in [7, 11) is 0. The van der Waals surface area contributed by atoms with Crippen molar-refractivity contribution in [2.75, 3.05) is 6.54 Å². The van der Waals surface area contributed by atoms with Gasteiger partial charge in [-0.05, 0) is 26.7 Å². The van der Waals surface area contributed by atoms with Crippen molar-refractivity contribution in [1.29, 1.82) is 0 Å². The largest absolute Gasteiger partial charge is 0.481 e. The van der Waals surface area contributed by atoms with Gasteiger partial charge in [0.15, 0.2) is 5.78 Å². The molecule has 0 radical (unpaired) electrons. The third kappa shape index (κ3) is 5.24. The van der Waals surface area contributed by atoms with E-state index in [0.717, 1.165) is 4.90 Å². The molecule has 0 saturated carbocycles. The molecule has 5 N–H and O–H groups in total. The summed E-state index contributed by atoms with van der Waals surface area (Å²) in [5, 5.41) is 20.2. The monoisotopic (exact) mass is 357 g/mol. The first kappa shape index (κ1) is 20.6. The summed E-state index contributed by atoms with van der Waals surface area (Å²) in [5.74, 6) is -5.32. The number of rotatable bonds is 9. The van der Waals surface area contributed by atoms with Gasteiger partial charge in [-0.1, -0.05) is 0 Å². The first-order valence-electron chi connectivity index (χ1n) is 7.91. The molecule has 25 heavy (non-hydrogen) atoms. The van der Waals surface area contributed by atoms with Crippen LogP contribution in [0.25, 0.3) is 0 Å². The highest BCUT2D eigenvalue weighted by atomic mass is 16.4. The minimum Gasteiger partial charge on any atom is -0.481 e. The maximum Gasteiger partial charge on any atom is 0.326 e. The molecule has 1 heterocycles. The summed E-state index contributed by atoms with van der Waals surface area (Å²) in [6, 6.07) is -3.13. The van der Waals surface area contributed by atoms with E-state index in [0.29, 0.717) is 0 Å². The standard InChI is InChI=1S/C15H23N3O7/c1-7(16)13(22)17-10(3-4-11(19)20)12(21)9-5-6-18(14(9)23)8(2)15(24)25/h7-10H,3-6,16H2,1-2H3,(H,17,22)(H,19,20)(H,24,25)/t7-,8-,9+,10-/m0/s1. The predicted octanol–water partition coefficient (Wildman–Crippen LogP) is -1.43. The highest BCUT2D eigenvalue weighted by Gasteiger charge is 2.43. The van der Waals surface area contributed by atoms with Crippen LogP contribution < -0.4 is 11.1 Å². The lowest BCUT2D eigenvalue weighted by molar-refractivity contribution is -0.150. The van der Waals surface area contributed by atoms with Crippen LogP contribution in [0.5, 0.6) is 0 Å². The van der Waals surface area contributed by atoms with Gasteiger partial charge < -0.3 is 26.2 Å². The Morgan fingerprint density at radius 1 is 1.28 bits per heavy atom. The van der Waals surface area contributed by atoms with Crippen molar-refractivity contribution < 1.29 is 34.2 Å². The molecule has 4 atom stereocenters. The Morgan fingerprint density at radius 2 is 1.88 bits per heavy atom. The summed E-state index contributed by atoms with van der Waals surface area (Å²) in [5.41, 5.74) is 5.44. The normalized spacial score (nSPS) is 20.7. The maximum atomic E-state index is 12.6. The topological polar surface area (TPSA) is 167 Å². The van der Waals surface area contributed by atoms with Gasteiger partial charge in [-0.2, -0.15) is 0 Å². The number of nitrogens with one attached hydrogen (secondary N) is 1. The van der Waals surface area contributed by atoms with E-state index >= 15 is 0 Å². The Morgan fingerprint density at radius 3 is 2.36 bits per heavy atom. The Hall–Kier alpha value is -2.49. The van der Waals surface area contributed by atoms with Crippen molar-refractivity contribution in [3.63, 3.8) is 0 Å². The van der Waals surface area contributed by atoms with Crippen LogP contribution in [0.3, 0.4) is 0 Å². The summed E-state index contributed by atoms with van der Waals surface area (Å²) in [6.45, 7) is 2.85. The molecule has 1 rings (SSSR count). The highest BCUT2D eigenvalue weighted by molar-refractivity contribution is 6.07. The zero-order chi connectivity index (χ0) is 19.3. The molecule has 0 spiro atoms. The molecule has 140 valence electrons. The molecule has 0 aromatic rings. The summed E-state index contributed by atoms with van der Waals surface area (Å²) >= 11 is 0. The van der Waals surface area contributed by atoms with Crippen LogP contribution in [0.4, 0.5) is 0 Å². The second-order valence-electron chi connectivity index (χ2n) is 6.07. The van der Waals surface area contributed by atoms with Gasteiger partial charge in [0.05, 0.1) is 12.1 Å². The summed E-state index contributed by atoms with van der Waals surface area (Å²) in [6.07, 6.45) is -0.427. The SMILES string of the molecule is C[C@H](N)C(=O)N[C@@H](CCC(=O)O)C(=O)[C@H]1CCN([C@@H](C)C(=O)O)C1=O. The van der Waals surface area contributed by atoms with Crippen LogP contribution in [-0.4, -0.2) is 69.3 Å². The number of nitrogens with zero attached hydrogens (tertiary/aromatic N) is 1. The lowest BCUT2D eigenvalue weighted by atomic mass is 9.93. The Balaban J connectivity index is 2.89. The van der Waals surface area contributed by atoms with Crippen molar-refractivity contribution in [2.24, 2.45) is 11.7 Å². The lowest BCUT2D eigenvalue weighted by Gasteiger charge is -2.23. The van der Waals surface area contributed by atoms with Crippen LogP contribution in [0.1, 0.15) is 33.1 Å². The van der Waals surface area contributed by atoms with Crippen molar-refractivity contribution in [3.8, 4) is 0 Å². The number of nitrogens with two attached hydrogens (primary N) is 1. The number of carboxylic acids is 2. The van der Waals surface area contributed by atoms with Gasteiger partial charge in [0.25, 0.3) is 0 Å². The number of amides is 2. The average Bonchev–Trinajstić information content (AvgIpc) is 2.90. The van der Waals surface area contributed by atoms with E-state index in [1.807, 2.05) is 0 Å². The third-order valence-corrected chi connectivity index (χ3v) is 4.13. The number of carbonyl (C=O) groups is 5. The zero-order valence-corrected chi connectivity index (χ0v) is 14.1. The van der Waals surface area contributed by atoms with Crippen molar-refractivity contribution in [1.82, 2.24) is 10.2 Å². The van der Waals surface area contributed by atoms with Crippen molar-refractivity contribution in [2.45, 2.75) is 51.2 Å². The van der Waals surface area contributed by atoms with Gasteiger partial charge in [0.1, 0.15) is 12.0 Å². The molecule has 1 fully saturated rings. The van der Waals surface area contributed by atoms with E-state index in [-0.39, 0.29) is 25.8 Å². The van der Waals surface area contributed by atoms with Gasteiger partial charge in [0, 0.05) is 13.0 Å². The Labute approximate surface area is 144 Å². The van der Waals surface area contributed by atoms with Crippen LogP contribution >= 0.6 is 0 Å². The van der Waals surface area contributed by atoms with Gasteiger partial charge in [0.2, 0.25) is 11.8 Å². The molecule has 10 heteroatoms. The lowest BCUT2D eigenvalue weighted by Crippen LogP contribution is -2.50. The second-order valence-corrected chi connectivity index (χ2v) is 6.07. The second kappa shape index (κ2) is 8.56. The first-order chi connectivity index (χ1) is 11.6. The number of hydrogen-bond acceptors (Lipinski definition) is 6. The number of likely N-dealkylation sites (tertiary alicyclic amines) is 1. The molecule has 10 nitrogen and oxygen atoms in total. The molecule has 1 saturated heterocycles. The van der Waals surface area contributed by atoms with Crippen LogP contribution in [0, 0.1) is 5.92 Å². The maximum absolute atomic E-state index is 12.6.